The molecule has 1 atom stereocenters. The maximum Gasteiger partial charge on any atom is 0.314 e. The van der Waals surface area contributed by atoms with Crippen molar-refractivity contribution in [3.63, 3.8) is 0 Å². The average molecular weight is 299 g/mol. The van der Waals surface area contributed by atoms with E-state index >= 15 is 0 Å². The number of halogens is 1. The molecule has 1 aromatic carbocycles. The van der Waals surface area contributed by atoms with Gasteiger partial charge < -0.3 is 16.0 Å². The molecule has 3 N–H and O–H groups in total. The number of carbonyl (C=O) groups excluding carboxylic acids is 1. The minimum atomic E-state index is -0.495. The summed E-state index contributed by atoms with van der Waals surface area (Å²) in [5, 5.41) is 14.1. The van der Waals surface area contributed by atoms with Gasteiger partial charge in [-0.05, 0) is 18.9 Å². The third kappa shape index (κ3) is 3.30. The van der Waals surface area contributed by atoms with Gasteiger partial charge in [0, 0.05) is 31.3 Å². The Morgan fingerprint density at radius 1 is 1.55 bits per heavy atom. The van der Waals surface area contributed by atoms with Crippen molar-refractivity contribution in [1.82, 2.24) is 4.90 Å². The summed E-state index contributed by atoms with van der Waals surface area (Å²) in [5.41, 5.74) is 5.83. The van der Waals surface area contributed by atoms with E-state index in [2.05, 4.69) is 5.32 Å². The maximum atomic E-state index is 11.2. The second kappa shape index (κ2) is 5.96. The minimum Gasteiger partial charge on any atom is -0.379 e. The largest absolute Gasteiger partial charge is 0.379 e. The van der Waals surface area contributed by atoms with Crippen LogP contribution in [0, 0.1) is 10.1 Å². The molecule has 1 aromatic rings. The van der Waals surface area contributed by atoms with E-state index in [9.17, 15) is 14.9 Å². The molecule has 108 valence electrons. The summed E-state index contributed by atoms with van der Waals surface area (Å²) < 4.78 is 0. The third-order valence-corrected chi connectivity index (χ3v) is 3.57. The van der Waals surface area contributed by atoms with Crippen LogP contribution in [0.25, 0.3) is 0 Å². The van der Waals surface area contributed by atoms with E-state index in [0.29, 0.717) is 18.8 Å². The summed E-state index contributed by atoms with van der Waals surface area (Å²) in [5.74, 6) is 0. The lowest BCUT2D eigenvalue weighted by Crippen LogP contribution is -2.47. The summed E-state index contributed by atoms with van der Waals surface area (Å²) in [6.07, 6.45) is 1.74. The molecule has 1 aliphatic heterocycles. The van der Waals surface area contributed by atoms with Crippen molar-refractivity contribution in [3.8, 4) is 0 Å². The minimum absolute atomic E-state index is 0.0372. The number of rotatable bonds is 3. The fraction of sp³-hybridized carbons (Fsp3) is 0.417. The van der Waals surface area contributed by atoms with Crippen LogP contribution >= 0.6 is 11.6 Å². The first kappa shape index (κ1) is 14.4. The van der Waals surface area contributed by atoms with Crippen molar-refractivity contribution >= 4 is 29.0 Å². The predicted molar refractivity (Wildman–Crippen MR) is 75.9 cm³/mol. The lowest BCUT2D eigenvalue weighted by atomic mass is 10.1. The molecule has 2 amide bonds. The van der Waals surface area contributed by atoms with E-state index in [1.165, 1.54) is 12.1 Å². The number of urea groups is 1. The number of non-ortho nitro benzene ring substituents is 1. The molecular formula is C12H15ClN4O3. The van der Waals surface area contributed by atoms with Crippen LogP contribution < -0.4 is 11.1 Å². The number of benzene rings is 1. The number of nitrogens with two attached hydrogens (primary N) is 1. The molecule has 20 heavy (non-hydrogen) atoms. The van der Waals surface area contributed by atoms with Crippen molar-refractivity contribution in [1.29, 1.82) is 0 Å². The van der Waals surface area contributed by atoms with E-state index < -0.39 is 11.0 Å². The first-order valence-corrected chi connectivity index (χ1v) is 6.60. The monoisotopic (exact) mass is 298 g/mol. The SMILES string of the molecule is NC(=O)N1CCCC(Nc2ccc([N+](=O)[O-])cc2Cl)C1. The highest BCUT2D eigenvalue weighted by Gasteiger charge is 2.22. The molecule has 2 rings (SSSR count). The van der Waals surface area contributed by atoms with Gasteiger partial charge in [0.2, 0.25) is 0 Å². The molecule has 1 saturated heterocycles. The lowest BCUT2D eigenvalue weighted by Gasteiger charge is -2.32. The smallest absolute Gasteiger partial charge is 0.314 e. The van der Waals surface area contributed by atoms with Gasteiger partial charge in [0.1, 0.15) is 0 Å². The standard InChI is InChI=1S/C12H15ClN4O3/c13-10-6-9(17(19)20)3-4-11(10)15-8-2-1-5-16(7-8)12(14)18/h3-4,6,8,15H,1-2,5,7H2,(H2,14,18). The number of nitro benzene ring substituents is 1. The second-order valence-electron chi connectivity index (χ2n) is 4.69. The van der Waals surface area contributed by atoms with Gasteiger partial charge >= 0.3 is 6.03 Å². The first-order valence-electron chi connectivity index (χ1n) is 6.22. The molecule has 1 aliphatic rings. The van der Waals surface area contributed by atoms with Gasteiger partial charge in [-0.15, -0.1) is 0 Å². The Kier molecular flexibility index (Phi) is 4.29. The predicted octanol–water partition coefficient (Wildman–Crippen LogP) is 2.20. The Morgan fingerprint density at radius 2 is 2.30 bits per heavy atom. The van der Waals surface area contributed by atoms with Crippen LogP contribution in [-0.2, 0) is 0 Å². The van der Waals surface area contributed by atoms with E-state index in [1.54, 1.807) is 11.0 Å². The topological polar surface area (TPSA) is 102 Å². The van der Waals surface area contributed by atoms with Crippen molar-refractivity contribution in [2.24, 2.45) is 5.73 Å². The van der Waals surface area contributed by atoms with Crippen LogP contribution in [0.15, 0.2) is 18.2 Å². The zero-order chi connectivity index (χ0) is 14.7. The highest BCUT2D eigenvalue weighted by Crippen LogP contribution is 2.28. The number of likely N-dealkylation sites (tertiary alicyclic amines) is 1. The van der Waals surface area contributed by atoms with E-state index in [-0.39, 0.29) is 16.8 Å². The second-order valence-corrected chi connectivity index (χ2v) is 5.10. The summed E-state index contributed by atoms with van der Waals surface area (Å²) in [4.78, 5) is 22.9. The number of hydrogen-bond donors (Lipinski definition) is 2. The molecule has 0 aliphatic carbocycles. The summed E-state index contributed by atoms with van der Waals surface area (Å²) in [6.45, 7) is 1.16. The quantitative estimate of drug-likeness (QED) is 0.659. The molecule has 1 heterocycles. The normalized spacial score (nSPS) is 18.6. The summed E-state index contributed by atoms with van der Waals surface area (Å²) in [6, 6.07) is 3.87. The van der Waals surface area contributed by atoms with Crippen LogP contribution in [0.5, 0.6) is 0 Å². The fourth-order valence-corrected chi connectivity index (χ4v) is 2.48. The van der Waals surface area contributed by atoms with Crippen LogP contribution in [-0.4, -0.2) is 35.0 Å². The number of piperidine rings is 1. The Bertz CT molecular complexity index is 537. The molecule has 0 radical (unpaired) electrons. The Hall–Kier alpha value is -2.02. The summed E-state index contributed by atoms with van der Waals surface area (Å²) in [7, 11) is 0. The van der Waals surface area contributed by atoms with Crippen molar-refractivity contribution < 1.29 is 9.72 Å². The van der Waals surface area contributed by atoms with Crippen molar-refractivity contribution in [2.75, 3.05) is 18.4 Å². The fourth-order valence-electron chi connectivity index (χ4n) is 2.25. The maximum absolute atomic E-state index is 11.2. The molecular weight excluding hydrogens is 284 g/mol. The van der Waals surface area contributed by atoms with Crippen LogP contribution in [0.2, 0.25) is 5.02 Å². The molecule has 0 aromatic heterocycles. The zero-order valence-electron chi connectivity index (χ0n) is 10.7. The van der Waals surface area contributed by atoms with Gasteiger partial charge in [0.15, 0.2) is 0 Å². The number of nitro groups is 1. The highest BCUT2D eigenvalue weighted by atomic mass is 35.5. The van der Waals surface area contributed by atoms with E-state index in [1.807, 2.05) is 0 Å². The van der Waals surface area contributed by atoms with Gasteiger partial charge in [-0.25, -0.2) is 4.79 Å². The number of amides is 2. The summed E-state index contributed by atoms with van der Waals surface area (Å²) >= 11 is 6.02. The van der Waals surface area contributed by atoms with E-state index in [0.717, 1.165) is 12.8 Å². The number of nitrogens with zero attached hydrogens (tertiary/aromatic N) is 2. The van der Waals surface area contributed by atoms with Gasteiger partial charge in [-0.3, -0.25) is 10.1 Å². The number of carbonyl (C=O) groups is 1. The lowest BCUT2D eigenvalue weighted by molar-refractivity contribution is -0.384. The first-order chi connectivity index (χ1) is 9.47. The van der Waals surface area contributed by atoms with Crippen LogP contribution in [0.3, 0.4) is 0 Å². The highest BCUT2D eigenvalue weighted by molar-refractivity contribution is 6.33. The average Bonchev–Trinajstić information content (AvgIpc) is 2.41. The molecule has 0 spiro atoms. The Labute approximate surface area is 120 Å². The molecule has 0 saturated carbocycles. The molecule has 8 heteroatoms. The molecule has 0 bridgehead atoms. The van der Waals surface area contributed by atoms with Crippen molar-refractivity contribution in [2.45, 2.75) is 18.9 Å². The molecule has 1 fully saturated rings. The van der Waals surface area contributed by atoms with Crippen LogP contribution in [0.1, 0.15) is 12.8 Å². The van der Waals surface area contributed by atoms with Gasteiger partial charge in [0.25, 0.3) is 5.69 Å². The van der Waals surface area contributed by atoms with Crippen LogP contribution in [0.4, 0.5) is 16.2 Å². The number of primary amides is 1. The van der Waals surface area contributed by atoms with Gasteiger partial charge in [0.05, 0.1) is 15.6 Å². The van der Waals surface area contributed by atoms with Gasteiger partial charge in [-0.1, -0.05) is 11.6 Å². The Morgan fingerprint density at radius 3 is 2.90 bits per heavy atom. The molecule has 1 unspecified atom stereocenters. The number of anilines is 1. The van der Waals surface area contributed by atoms with Crippen molar-refractivity contribution in [3.05, 3.63) is 33.3 Å². The number of nitrogens with one attached hydrogen (secondary N) is 1. The van der Waals surface area contributed by atoms with Gasteiger partial charge in [-0.2, -0.15) is 0 Å². The Balaban J connectivity index is 2.06. The third-order valence-electron chi connectivity index (χ3n) is 3.26. The number of hydrogen-bond acceptors (Lipinski definition) is 4. The van der Waals surface area contributed by atoms with E-state index in [4.69, 9.17) is 17.3 Å². The molecule has 7 nitrogen and oxygen atoms in total. The zero-order valence-corrected chi connectivity index (χ0v) is 11.5.